The molecule has 84 valence electrons. The Morgan fingerprint density at radius 2 is 2.00 bits per heavy atom. The van der Waals surface area contributed by atoms with E-state index in [4.69, 9.17) is 0 Å². The highest BCUT2D eigenvalue weighted by Gasteiger charge is 2.52. The van der Waals surface area contributed by atoms with Crippen LogP contribution in [-0.2, 0) is 15.0 Å². The van der Waals surface area contributed by atoms with Crippen LogP contribution in [0.5, 0.6) is 0 Å². The van der Waals surface area contributed by atoms with Crippen LogP contribution in [0.4, 0.5) is 0 Å². The highest BCUT2D eigenvalue weighted by molar-refractivity contribution is 5.95. The summed E-state index contributed by atoms with van der Waals surface area (Å²) in [4.78, 5) is 23.1. The Morgan fingerprint density at radius 1 is 1.38 bits per heavy atom. The van der Waals surface area contributed by atoms with Crippen molar-refractivity contribution in [2.75, 3.05) is 0 Å². The Bertz CT molecular complexity index is 424. The lowest BCUT2D eigenvalue weighted by Crippen LogP contribution is -2.39. The van der Waals surface area contributed by atoms with Gasteiger partial charge in [-0.25, -0.2) is 0 Å². The quantitative estimate of drug-likeness (QED) is 0.826. The first-order chi connectivity index (χ1) is 7.59. The van der Waals surface area contributed by atoms with Crippen LogP contribution in [0.2, 0.25) is 0 Å². The number of Topliss-reactive ketones (excluding diaryl/α,β-unsaturated/α-hetero) is 1. The maximum absolute atomic E-state index is 11.6. The number of hydrogen-bond acceptors (Lipinski definition) is 2. The molecule has 1 aliphatic rings. The van der Waals surface area contributed by atoms with Crippen molar-refractivity contribution < 1.29 is 14.7 Å². The molecule has 0 saturated heterocycles. The fourth-order valence-electron chi connectivity index (χ4n) is 2.57. The minimum atomic E-state index is -1.02. The number of rotatable bonds is 2. The molecule has 3 nitrogen and oxygen atoms in total. The van der Waals surface area contributed by atoms with Gasteiger partial charge in [0.05, 0.1) is 0 Å². The maximum atomic E-state index is 11.6. The number of carbonyl (C=O) groups excluding carboxylic acids is 1. The van der Waals surface area contributed by atoms with Gasteiger partial charge in [-0.1, -0.05) is 37.3 Å². The van der Waals surface area contributed by atoms with Crippen molar-refractivity contribution >= 4 is 11.8 Å². The maximum Gasteiger partial charge on any atom is 0.314 e. The molecule has 0 bridgehead atoms. The average Bonchev–Trinajstić information content (AvgIpc) is 2.59. The monoisotopic (exact) mass is 218 g/mol. The fraction of sp³-hybridized carbons (Fsp3) is 0.385. The van der Waals surface area contributed by atoms with Gasteiger partial charge >= 0.3 is 5.97 Å². The zero-order valence-electron chi connectivity index (χ0n) is 9.14. The molecular weight excluding hydrogens is 204 g/mol. The van der Waals surface area contributed by atoms with Crippen molar-refractivity contribution in [3.8, 4) is 0 Å². The lowest BCUT2D eigenvalue weighted by molar-refractivity contribution is -0.146. The number of carboxylic acids is 1. The van der Waals surface area contributed by atoms with E-state index in [1.165, 1.54) is 0 Å². The third-order valence-corrected chi connectivity index (χ3v) is 3.66. The number of ketones is 1. The van der Waals surface area contributed by atoms with Gasteiger partial charge in [0.25, 0.3) is 0 Å². The number of benzene rings is 1. The largest absolute Gasteiger partial charge is 0.481 e. The van der Waals surface area contributed by atoms with E-state index in [-0.39, 0.29) is 5.78 Å². The second-order valence-corrected chi connectivity index (χ2v) is 4.33. The van der Waals surface area contributed by atoms with Crippen LogP contribution in [0, 0.1) is 5.92 Å². The summed E-state index contributed by atoms with van der Waals surface area (Å²) in [6.45, 7) is 1.72. The summed E-state index contributed by atoms with van der Waals surface area (Å²) in [6, 6.07) is 9.07. The predicted molar refractivity (Wildman–Crippen MR) is 59.2 cm³/mol. The number of hydrogen-bond donors (Lipinski definition) is 1. The zero-order chi connectivity index (χ0) is 11.8. The van der Waals surface area contributed by atoms with E-state index in [9.17, 15) is 14.7 Å². The molecule has 2 rings (SSSR count). The molecule has 0 unspecified atom stereocenters. The highest BCUT2D eigenvalue weighted by atomic mass is 16.4. The molecule has 1 fully saturated rings. The Labute approximate surface area is 94.1 Å². The number of carbonyl (C=O) groups is 2. The molecule has 1 aromatic carbocycles. The van der Waals surface area contributed by atoms with Crippen molar-refractivity contribution in [3.05, 3.63) is 35.9 Å². The molecule has 3 heteroatoms. The molecule has 0 aromatic heterocycles. The Morgan fingerprint density at radius 3 is 2.44 bits per heavy atom. The Kier molecular flexibility index (Phi) is 2.54. The second-order valence-electron chi connectivity index (χ2n) is 4.33. The summed E-state index contributed by atoms with van der Waals surface area (Å²) in [5.74, 6) is -1.28. The molecule has 16 heavy (non-hydrogen) atoms. The second kappa shape index (κ2) is 3.74. The first kappa shape index (κ1) is 10.9. The highest BCUT2D eigenvalue weighted by Crippen LogP contribution is 2.43. The molecule has 0 aliphatic heterocycles. The molecule has 0 spiro atoms. The molecular formula is C13H14O3. The first-order valence-electron chi connectivity index (χ1n) is 5.40. The lowest BCUT2D eigenvalue weighted by Gasteiger charge is -2.28. The van der Waals surface area contributed by atoms with Gasteiger partial charge in [0.1, 0.15) is 11.2 Å². The summed E-state index contributed by atoms with van der Waals surface area (Å²) in [6.07, 6.45) is 0.773. The van der Waals surface area contributed by atoms with Gasteiger partial charge in [-0.05, 0) is 12.0 Å². The summed E-state index contributed by atoms with van der Waals surface area (Å²) < 4.78 is 0. The minimum absolute atomic E-state index is 0.0475. The molecule has 1 aliphatic carbocycles. The minimum Gasteiger partial charge on any atom is -0.481 e. The van der Waals surface area contributed by atoms with Crippen LogP contribution in [0.1, 0.15) is 25.3 Å². The van der Waals surface area contributed by atoms with Crippen LogP contribution in [0.15, 0.2) is 30.3 Å². The molecule has 2 atom stereocenters. The predicted octanol–water partition coefficient (Wildman–Crippen LogP) is 2.01. The van der Waals surface area contributed by atoms with E-state index in [1.807, 2.05) is 18.2 Å². The number of aliphatic carboxylic acids is 1. The molecule has 1 N–H and O–H groups in total. The summed E-state index contributed by atoms with van der Waals surface area (Å²) in [7, 11) is 0. The van der Waals surface area contributed by atoms with Gasteiger partial charge in [0.15, 0.2) is 0 Å². The standard InChI is InChI=1S/C13H14O3/c1-9-11(14)7-8-13(9,12(15)16)10-5-3-2-4-6-10/h2-6,9H,7-8H2,1H3,(H,15,16)/t9-,13-/m0/s1. The van der Waals surface area contributed by atoms with Crippen LogP contribution in [-0.4, -0.2) is 16.9 Å². The van der Waals surface area contributed by atoms with Crippen molar-refractivity contribution in [3.63, 3.8) is 0 Å². The third kappa shape index (κ3) is 1.35. The summed E-state index contributed by atoms with van der Waals surface area (Å²) in [5.41, 5.74) is -0.279. The SMILES string of the molecule is C[C@H]1C(=O)CC[C@@]1(C(=O)O)c1ccccc1. The van der Waals surface area contributed by atoms with Gasteiger partial charge in [0, 0.05) is 12.3 Å². The van der Waals surface area contributed by atoms with E-state index < -0.39 is 17.3 Å². The van der Waals surface area contributed by atoms with E-state index in [1.54, 1.807) is 19.1 Å². The normalized spacial score (nSPS) is 29.3. The van der Waals surface area contributed by atoms with Crippen molar-refractivity contribution in [2.45, 2.75) is 25.2 Å². The molecule has 0 heterocycles. The average molecular weight is 218 g/mol. The van der Waals surface area contributed by atoms with Crippen molar-refractivity contribution in [1.29, 1.82) is 0 Å². The van der Waals surface area contributed by atoms with E-state index in [0.717, 1.165) is 5.56 Å². The Hall–Kier alpha value is -1.64. The van der Waals surface area contributed by atoms with Gasteiger partial charge in [-0.2, -0.15) is 0 Å². The first-order valence-corrected chi connectivity index (χ1v) is 5.40. The van der Waals surface area contributed by atoms with Crippen molar-refractivity contribution in [1.82, 2.24) is 0 Å². The molecule has 1 saturated carbocycles. The van der Waals surface area contributed by atoms with Crippen molar-refractivity contribution in [2.24, 2.45) is 5.92 Å². The molecule has 0 radical (unpaired) electrons. The topological polar surface area (TPSA) is 54.4 Å². The van der Waals surface area contributed by atoms with Gasteiger partial charge in [-0.15, -0.1) is 0 Å². The Balaban J connectivity index is 2.54. The molecule has 1 aromatic rings. The van der Waals surface area contributed by atoms with Crippen LogP contribution < -0.4 is 0 Å². The van der Waals surface area contributed by atoms with E-state index >= 15 is 0 Å². The van der Waals surface area contributed by atoms with E-state index in [2.05, 4.69) is 0 Å². The fourth-order valence-corrected chi connectivity index (χ4v) is 2.57. The number of carboxylic acid groups (broad SMARTS) is 1. The van der Waals surface area contributed by atoms with E-state index in [0.29, 0.717) is 12.8 Å². The smallest absolute Gasteiger partial charge is 0.314 e. The van der Waals surface area contributed by atoms with Crippen LogP contribution in [0.3, 0.4) is 0 Å². The zero-order valence-corrected chi connectivity index (χ0v) is 9.14. The van der Waals surface area contributed by atoms with Crippen LogP contribution >= 0.6 is 0 Å². The van der Waals surface area contributed by atoms with Crippen LogP contribution in [0.25, 0.3) is 0 Å². The summed E-state index contributed by atoms with van der Waals surface area (Å²) >= 11 is 0. The van der Waals surface area contributed by atoms with Gasteiger partial charge < -0.3 is 5.11 Å². The molecule has 0 amide bonds. The van der Waals surface area contributed by atoms with Gasteiger partial charge in [0.2, 0.25) is 0 Å². The lowest BCUT2D eigenvalue weighted by atomic mass is 9.73. The summed E-state index contributed by atoms with van der Waals surface area (Å²) in [5, 5.41) is 9.45. The third-order valence-electron chi connectivity index (χ3n) is 3.66. The van der Waals surface area contributed by atoms with Gasteiger partial charge in [-0.3, -0.25) is 9.59 Å².